The molecule has 3 aromatic rings. The molecule has 0 fully saturated rings. The molecular weight excluding hydrogens is 378 g/mol. The first-order valence-electron chi connectivity index (χ1n) is 9.06. The van der Waals surface area contributed by atoms with E-state index in [1.165, 1.54) is 10.9 Å². The molecule has 152 valence electrons. The van der Waals surface area contributed by atoms with Gasteiger partial charge in [0, 0.05) is 23.7 Å². The highest BCUT2D eigenvalue weighted by molar-refractivity contribution is 5.92. The van der Waals surface area contributed by atoms with Gasteiger partial charge in [-0.25, -0.2) is 4.98 Å². The Bertz CT molecular complexity index is 1080. The van der Waals surface area contributed by atoms with E-state index in [-0.39, 0.29) is 36.8 Å². The predicted octanol–water partition coefficient (Wildman–Crippen LogP) is 2.11. The number of nitrogens with zero attached hydrogens (tertiary/aromatic N) is 3. The minimum absolute atomic E-state index is 0.0441. The first-order valence-corrected chi connectivity index (χ1v) is 9.06. The Balaban J connectivity index is 1.92. The number of aromatic amines is 1. The Kier molecular flexibility index (Phi) is 5.91. The summed E-state index contributed by atoms with van der Waals surface area (Å²) in [4.78, 5) is 42.9. The Hall–Kier alpha value is -3.69. The van der Waals surface area contributed by atoms with Crippen molar-refractivity contribution in [1.29, 1.82) is 0 Å². The molecule has 0 atom stereocenters. The number of esters is 1. The van der Waals surface area contributed by atoms with Crippen LogP contribution in [-0.2, 0) is 14.3 Å². The molecule has 0 aliphatic rings. The van der Waals surface area contributed by atoms with Gasteiger partial charge in [-0.15, -0.1) is 0 Å². The number of ether oxygens (including phenoxy) is 1. The van der Waals surface area contributed by atoms with Crippen molar-refractivity contribution in [3.63, 3.8) is 0 Å². The van der Waals surface area contributed by atoms with E-state index in [9.17, 15) is 14.4 Å². The summed E-state index contributed by atoms with van der Waals surface area (Å²) in [5, 5.41) is 7.09. The maximum atomic E-state index is 12.3. The lowest BCUT2D eigenvalue weighted by Gasteiger charge is -2.09. The highest BCUT2D eigenvalue weighted by atomic mass is 16.5. The summed E-state index contributed by atoms with van der Waals surface area (Å²) in [5.74, 6) is 0.0502. The molecule has 0 unspecified atom stereocenters. The van der Waals surface area contributed by atoms with Crippen LogP contribution in [0.15, 0.2) is 33.7 Å². The molecule has 0 aliphatic heterocycles. The van der Waals surface area contributed by atoms with Gasteiger partial charge in [0.05, 0.1) is 19.3 Å². The van der Waals surface area contributed by atoms with Crippen LogP contribution >= 0.6 is 0 Å². The van der Waals surface area contributed by atoms with E-state index in [4.69, 9.17) is 9.15 Å². The third-order valence-electron chi connectivity index (χ3n) is 4.19. The zero-order chi connectivity index (χ0) is 21.0. The number of amides is 1. The van der Waals surface area contributed by atoms with Gasteiger partial charge in [0.2, 0.25) is 11.9 Å². The number of rotatable bonds is 7. The maximum Gasteiger partial charge on any atom is 0.306 e. The summed E-state index contributed by atoms with van der Waals surface area (Å²) in [7, 11) is 0. The van der Waals surface area contributed by atoms with E-state index >= 15 is 0 Å². The van der Waals surface area contributed by atoms with E-state index in [1.807, 2.05) is 0 Å². The van der Waals surface area contributed by atoms with Gasteiger partial charge >= 0.3 is 5.97 Å². The van der Waals surface area contributed by atoms with Crippen molar-refractivity contribution in [3.05, 3.63) is 46.1 Å². The second-order valence-corrected chi connectivity index (χ2v) is 6.26. The maximum absolute atomic E-state index is 12.3. The fourth-order valence-corrected chi connectivity index (χ4v) is 2.56. The summed E-state index contributed by atoms with van der Waals surface area (Å²) in [5.41, 5.74) is 1.17. The molecule has 10 nitrogen and oxygen atoms in total. The van der Waals surface area contributed by atoms with E-state index in [1.54, 1.807) is 39.0 Å². The summed E-state index contributed by atoms with van der Waals surface area (Å²) >= 11 is 0. The van der Waals surface area contributed by atoms with Gasteiger partial charge in [-0.05, 0) is 32.9 Å². The summed E-state index contributed by atoms with van der Waals surface area (Å²) < 4.78 is 11.5. The van der Waals surface area contributed by atoms with E-state index in [0.717, 1.165) is 0 Å². The highest BCUT2D eigenvalue weighted by Gasteiger charge is 2.18. The largest absolute Gasteiger partial charge is 0.466 e. The molecule has 10 heteroatoms. The molecule has 0 spiro atoms. The molecule has 0 radical (unpaired) electrons. The van der Waals surface area contributed by atoms with Crippen molar-refractivity contribution in [2.24, 2.45) is 0 Å². The summed E-state index contributed by atoms with van der Waals surface area (Å²) in [6, 6.07) is 5.02. The van der Waals surface area contributed by atoms with Crippen LogP contribution in [0.25, 0.3) is 17.4 Å². The van der Waals surface area contributed by atoms with Gasteiger partial charge in [-0.3, -0.25) is 19.4 Å². The normalized spacial score (nSPS) is 10.7. The van der Waals surface area contributed by atoms with Gasteiger partial charge in [-0.2, -0.15) is 9.78 Å². The van der Waals surface area contributed by atoms with Crippen molar-refractivity contribution >= 4 is 17.7 Å². The van der Waals surface area contributed by atoms with Gasteiger partial charge < -0.3 is 14.5 Å². The van der Waals surface area contributed by atoms with Crippen molar-refractivity contribution in [2.75, 3.05) is 11.9 Å². The minimum Gasteiger partial charge on any atom is -0.466 e. The van der Waals surface area contributed by atoms with Gasteiger partial charge in [0.1, 0.15) is 11.5 Å². The molecule has 3 aromatic heterocycles. The van der Waals surface area contributed by atoms with Crippen molar-refractivity contribution in [2.45, 2.75) is 33.6 Å². The molecule has 0 saturated heterocycles. The van der Waals surface area contributed by atoms with Gasteiger partial charge in [0.15, 0.2) is 5.76 Å². The Morgan fingerprint density at radius 3 is 2.76 bits per heavy atom. The van der Waals surface area contributed by atoms with E-state index < -0.39 is 11.9 Å². The number of nitrogens with one attached hydrogen (secondary N) is 2. The van der Waals surface area contributed by atoms with Crippen molar-refractivity contribution < 1.29 is 18.7 Å². The van der Waals surface area contributed by atoms with Crippen LogP contribution in [0.4, 0.5) is 5.82 Å². The van der Waals surface area contributed by atoms with Crippen molar-refractivity contribution in [3.8, 4) is 17.4 Å². The Labute approximate surface area is 165 Å². The molecule has 0 aromatic carbocycles. The minimum atomic E-state index is -0.451. The molecule has 29 heavy (non-hydrogen) atoms. The molecule has 0 bridgehead atoms. The highest BCUT2D eigenvalue weighted by Crippen LogP contribution is 2.24. The van der Waals surface area contributed by atoms with Crippen molar-refractivity contribution in [1.82, 2.24) is 19.7 Å². The number of carbonyl (C=O) groups is 2. The molecular formula is C19H21N5O5. The first-order chi connectivity index (χ1) is 13.9. The third kappa shape index (κ3) is 4.60. The van der Waals surface area contributed by atoms with Crippen LogP contribution in [0.1, 0.15) is 31.0 Å². The number of furan rings is 1. The van der Waals surface area contributed by atoms with Crippen LogP contribution in [0.2, 0.25) is 0 Å². The second kappa shape index (κ2) is 8.55. The third-order valence-corrected chi connectivity index (χ3v) is 4.19. The van der Waals surface area contributed by atoms with Crippen LogP contribution in [0.3, 0.4) is 0 Å². The van der Waals surface area contributed by atoms with Crippen LogP contribution < -0.4 is 10.9 Å². The Morgan fingerprint density at radius 1 is 1.31 bits per heavy atom. The molecule has 0 aliphatic carbocycles. The van der Waals surface area contributed by atoms with E-state index in [0.29, 0.717) is 22.7 Å². The first kappa shape index (κ1) is 20.1. The molecule has 3 rings (SSSR count). The fraction of sp³-hybridized carbons (Fsp3) is 0.316. The predicted molar refractivity (Wildman–Crippen MR) is 104 cm³/mol. The fourth-order valence-electron chi connectivity index (χ4n) is 2.56. The second-order valence-electron chi connectivity index (χ2n) is 6.26. The van der Waals surface area contributed by atoms with Gasteiger partial charge in [-0.1, -0.05) is 0 Å². The number of anilines is 1. The number of aryl methyl sites for hydroxylation is 1. The van der Waals surface area contributed by atoms with Crippen LogP contribution in [-0.4, -0.2) is 38.2 Å². The number of H-pyrrole nitrogens is 1. The number of aromatic nitrogens is 4. The van der Waals surface area contributed by atoms with Gasteiger partial charge in [0.25, 0.3) is 5.56 Å². The standard InChI is InChI=1S/C19H21N5O5/c1-4-28-17(26)8-7-16(25)21-15-10-13(14-6-5-9-29-14)23-24(15)19-20-12(3)11(2)18(27)22-19/h5-6,9-10H,4,7-8H2,1-3H3,(H,21,25)(H,20,22,27). The Morgan fingerprint density at radius 2 is 2.10 bits per heavy atom. The number of hydrogen-bond donors (Lipinski definition) is 2. The van der Waals surface area contributed by atoms with E-state index in [2.05, 4.69) is 20.4 Å². The lowest BCUT2D eigenvalue weighted by atomic mass is 10.3. The summed E-state index contributed by atoms with van der Waals surface area (Å²) in [6.45, 7) is 5.33. The molecule has 1 amide bonds. The summed E-state index contributed by atoms with van der Waals surface area (Å²) in [6.07, 6.45) is 1.40. The lowest BCUT2D eigenvalue weighted by Crippen LogP contribution is -2.21. The van der Waals surface area contributed by atoms with Crippen LogP contribution in [0.5, 0.6) is 0 Å². The topological polar surface area (TPSA) is 132 Å². The number of hydrogen-bond acceptors (Lipinski definition) is 7. The smallest absolute Gasteiger partial charge is 0.306 e. The number of carbonyl (C=O) groups excluding carboxylic acids is 2. The quantitative estimate of drug-likeness (QED) is 0.582. The molecule has 2 N–H and O–H groups in total. The molecule has 3 heterocycles. The van der Waals surface area contributed by atoms with Crippen LogP contribution in [0, 0.1) is 13.8 Å². The SMILES string of the molecule is CCOC(=O)CCC(=O)Nc1cc(-c2ccco2)nn1-c1nc(C)c(C)c(=O)[nH]1. The zero-order valence-electron chi connectivity index (χ0n) is 16.3. The molecule has 0 saturated carbocycles. The monoisotopic (exact) mass is 399 g/mol. The average Bonchev–Trinajstić information content (AvgIpc) is 3.34. The average molecular weight is 399 g/mol. The zero-order valence-corrected chi connectivity index (χ0v) is 16.3. The lowest BCUT2D eigenvalue weighted by molar-refractivity contribution is -0.144.